The molecule has 1 fully saturated rings. The molecular formula is C21H25N3O2. The Morgan fingerprint density at radius 1 is 1.12 bits per heavy atom. The molecule has 0 aromatic heterocycles. The van der Waals surface area contributed by atoms with Gasteiger partial charge in [-0.15, -0.1) is 5.11 Å². The highest BCUT2D eigenvalue weighted by atomic mass is 16.5. The van der Waals surface area contributed by atoms with Crippen LogP contribution >= 0.6 is 0 Å². The summed E-state index contributed by atoms with van der Waals surface area (Å²) in [6.07, 6.45) is 2.31. The number of rotatable bonds is 5. The number of ether oxygens (including phenoxy) is 1. The summed E-state index contributed by atoms with van der Waals surface area (Å²) < 4.78 is 5.15. The molecule has 0 aliphatic carbocycles. The Bertz CT molecular complexity index is 824. The van der Waals surface area contributed by atoms with Gasteiger partial charge in [-0.25, -0.2) is 4.79 Å². The summed E-state index contributed by atoms with van der Waals surface area (Å²) in [5, 5.41) is 10.9. The molecule has 1 saturated heterocycles. The fraction of sp³-hybridized carbons (Fsp3) is 0.381. The summed E-state index contributed by atoms with van der Waals surface area (Å²) in [6, 6.07) is 11.6. The predicted molar refractivity (Wildman–Crippen MR) is 103 cm³/mol. The molecule has 5 nitrogen and oxygen atoms in total. The average Bonchev–Trinajstić information content (AvgIpc) is 3.16. The molecule has 1 aliphatic rings. The zero-order chi connectivity index (χ0) is 18.5. The maximum atomic E-state index is 12.2. The van der Waals surface area contributed by atoms with Crippen molar-refractivity contribution in [3.63, 3.8) is 0 Å². The van der Waals surface area contributed by atoms with Crippen molar-refractivity contribution in [1.82, 2.24) is 5.01 Å². The van der Waals surface area contributed by atoms with E-state index in [2.05, 4.69) is 36.3 Å². The van der Waals surface area contributed by atoms with Gasteiger partial charge in [0, 0.05) is 18.7 Å². The number of esters is 1. The normalized spacial score (nSPS) is 14.2. The number of benzene rings is 2. The van der Waals surface area contributed by atoms with E-state index in [1.54, 1.807) is 6.07 Å². The summed E-state index contributed by atoms with van der Waals surface area (Å²) in [5.41, 5.74) is 5.63. The highest BCUT2D eigenvalue weighted by molar-refractivity contribution is 5.93. The SMILES string of the molecule is CCOC(=O)c1ccc(N=NN2CCCC2)c(-c2cccc(C)c2C)c1. The number of aryl methyl sites for hydroxylation is 1. The molecule has 1 aliphatic heterocycles. The zero-order valence-electron chi connectivity index (χ0n) is 15.7. The van der Waals surface area contributed by atoms with E-state index in [1.165, 1.54) is 11.1 Å². The van der Waals surface area contributed by atoms with Crippen molar-refractivity contribution in [2.75, 3.05) is 19.7 Å². The van der Waals surface area contributed by atoms with Gasteiger partial charge in [0.1, 0.15) is 0 Å². The Balaban J connectivity index is 2.05. The Kier molecular flexibility index (Phi) is 5.66. The van der Waals surface area contributed by atoms with E-state index in [9.17, 15) is 4.79 Å². The molecule has 136 valence electrons. The third-order valence-corrected chi connectivity index (χ3v) is 4.76. The highest BCUT2D eigenvalue weighted by Crippen LogP contribution is 2.35. The smallest absolute Gasteiger partial charge is 0.338 e. The molecule has 3 rings (SSSR count). The third-order valence-electron chi connectivity index (χ3n) is 4.76. The van der Waals surface area contributed by atoms with Crippen molar-refractivity contribution < 1.29 is 9.53 Å². The van der Waals surface area contributed by atoms with Crippen LogP contribution in [0.2, 0.25) is 0 Å². The van der Waals surface area contributed by atoms with Crippen molar-refractivity contribution in [2.24, 2.45) is 10.3 Å². The topological polar surface area (TPSA) is 54.3 Å². The van der Waals surface area contributed by atoms with Gasteiger partial charge in [0.15, 0.2) is 0 Å². The summed E-state index contributed by atoms with van der Waals surface area (Å²) in [5.74, 6) is -0.318. The van der Waals surface area contributed by atoms with E-state index in [0.717, 1.165) is 42.7 Å². The molecule has 0 atom stereocenters. The standard InChI is InChI=1S/C21H25N3O2/c1-4-26-21(25)17-10-11-20(22-23-24-12-5-6-13-24)19(14-17)18-9-7-8-15(2)16(18)3/h7-11,14H,4-6,12-13H2,1-3H3. The predicted octanol–water partition coefficient (Wildman–Crippen LogP) is 5.24. The lowest BCUT2D eigenvalue weighted by atomic mass is 9.94. The van der Waals surface area contributed by atoms with Gasteiger partial charge in [0.2, 0.25) is 0 Å². The highest BCUT2D eigenvalue weighted by Gasteiger charge is 2.15. The number of carbonyl (C=O) groups is 1. The third kappa shape index (κ3) is 3.93. The van der Waals surface area contributed by atoms with Crippen LogP contribution in [0.5, 0.6) is 0 Å². The molecule has 0 saturated carbocycles. The summed E-state index contributed by atoms with van der Waals surface area (Å²) in [4.78, 5) is 12.2. The molecule has 0 amide bonds. The molecule has 1 heterocycles. The van der Waals surface area contributed by atoms with Crippen molar-refractivity contribution in [2.45, 2.75) is 33.6 Å². The Morgan fingerprint density at radius 3 is 2.62 bits per heavy atom. The quantitative estimate of drug-likeness (QED) is 0.546. The average molecular weight is 351 g/mol. The first kappa shape index (κ1) is 18.1. The number of hydrogen-bond donors (Lipinski definition) is 0. The summed E-state index contributed by atoms with van der Waals surface area (Å²) >= 11 is 0. The van der Waals surface area contributed by atoms with Crippen molar-refractivity contribution in [3.8, 4) is 11.1 Å². The van der Waals surface area contributed by atoms with Gasteiger partial charge in [0.25, 0.3) is 0 Å². The van der Waals surface area contributed by atoms with Crippen LogP contribution in [0.4, 0.5) is 5.69 Å². The maximum Gasteiger partial charge on any atom is 0.338 e. The minimum absolute atomic E-state index is 0.318. The lowest BCUT2D eigenvalue weighted by molar-refractivity contribution is 0.0526. The Labute approximate surface area is 154 Å². The van der Waals surface area contributed by atoms with Gasteiger partial charge < -0.3 is 4.74 Å². The second-order valence-electron chi connectivity index (χ2n) is 6.55. The molecule has 26 heavy (non-hydrogen) atoms. The van der Waals surface area contributed by atoms with E-state index in [1.807, 2.05) is 30.1 Å². The van der Waals surface area contributed by atoms with Gasteiger partial charge in [-0.05, 0) is 68.5 Å². The number of carbonyl (C=O) groups excluding carboxylic acids is 1. The molecule has 0 bridgehead atoms. The van der Waals surface area contributed by atoms with Crippen molar-refractivity contribution in [3.05, 3.63) is 53.1 Å². The fourth-order valence-corrected chi connectivity index (χ4v) is 3.12. The zero-order valence-corrected chi connectivity index (χ0v) is 15.7. The fourth-order valence-electron chi connectivity index (χ4n) is 3.12. The molecule has 0 unspecified atom stereocenters. The first-order valence-electron chi connectivity index (χ1n) is 9.14. The van der Waals surface area contributed by atoms with Crippen LogP contribution in [0, 0.1) is 13.8 Å². The first-order valence-corrected chi connectivity index (χ1v) is 9.14. The van der Waals surface area contributed by atoms with Crippen molar-refractivity contribution >= 4 is 11.7 Å². The van der Waals surface area contributed by atoms with Gasteiger partial charge in [-0.1, -0.05) is 23.4 Å². The largest absolute Gasteiger partial charge is 0.462 e. The second kappa shape index (κ2) is 8.13. The number of hydrogen-bond acceptors (Lipinski definition) is 4. The van der Waals surface area contributed by atoms with Gasteiger partial charge in [0.05, 0.1) is 17.9 Å². The van der Waals surface area contributed by atoms with E-state index in [-0.39, 0.29) is 5.97 Å². The monoisotopic (exact) mass is 351 g/mol. The second-order valence-corrected chi connectivity index (χ2v) is 6.55. The van der Waals surface area contributed by atoms with Crippen molar-refractivity contribution in [1.29, 1.82) is 0 Å². The minimum atomic E-state index is -0.318. The van der Waals surface area contributed by atoms with Crippen LogP contribution in [-0.4, -0.2) is 30.7 Å². The lowest BCUT2D eigenvalue weighted by Crippen LogP contribution is -2.09. The first-order chi connectivity index (χ1) is 12.6. The number of nitrogens with zero attached hydrogens (tertiary/aromatic N) is 3. The minimum Gasteiger partial charge on any atom is -0.462 e. The maximum absolute atomic E-state index is 12.2. The molecule has 0 radical (unpaired) electrons. The summed E-state index contributed by atoms with van der Waals surface area (Å²) in [7, 11) is 0. The van der Waals surface area contributed by atoms with E-state index >= 15 is 0 Å². The van der Waals surface area contributed by atoms with Crippen LogP contribution in [0.15, 0.2) is 46.7 Å². The van der Waals surface area contributed by atoms with Crippen LogP contribution in [-0.2, 0) is 4.74 Å². The molecular weight excluding hydrogens is 326 g/mol. The van der Waals surface area contributed by atoms with Crippen LogP contribution in [0.25, 0.3) is 11.1 Å². The molecule has 2 aromatic carbocycles. The molecule has 0 N–H and O–H groups in total. The Morgan fingerprint density at radius 2 is 1.88 bits per heavy atom. The molecule has 2 aromatic rings. The van der Waals surface area contributed by atoms with Gasteiger partial charge in [-0.2, -0.15) is 0 Å². The van der Waals surface area contributed by atoms with E-state index in [0.29, 0.717) is 12.2 Å². The lowest BCUT2D eigenvalue weighted by Gasteiger charge is -2.13. The van der Waals surface area contributed by atoms with Gasteiger partial charge >= 0.3 is 5.97 Å². The molecule has 0 spiro atoms. The van der Waals surface area contributed by atoms with Crippen LogP contribution in [0.3, 0.4) is 0 Å². The van der Waals surface area contributed by atoms with E-state index in [4.69, 9.17) is 4.74 Å². The van der Waals surface area contributed by atoms with Crippen LogP contribution in [0.1, 0.15) is 41.3 Å². The Hall–Kier alpha value is -2.69. The molecule has 5 heteroatoms. The van der Waals surface area contributed by atoms with Gasteiger partial charge in [-0.3, -0.25) is 5.01 Å². The van der Waals surface area contributed by atoms with Crippen LogP contribution < -0.4 is 0 Å². The summed E-state index contributed by atoms with van der Waals surface area (Å²) in [6.45, 7) is 8.23. The van der Waals surface area contributed by atoms with E-state index < -0.39 is 0 Å².